The summed E-state index contributed by atoms with van der Waals surface area (Å²) in [5.74, 6) is 1.89. The first-order chi connectivity index (χ1) is 13.5. The van der Waals surface area contributed by atoms with Crippen LogP contribution >= 0.6 is 24.0 Å². The zero-order chi connectivity index (χ0) is 20.1. The minimum Gasteiger partial charge on any atom is -0.493 e. The van der Waals surface area contributed by atoms with Gasteiger partial charge in [0.2, 0.25) is 0 Å². The number of carbonyl (C=O) groups excluding carboxylic acids is 1. The van der Waals surface area contributed by atoms with Gasteiger partial charge in [0.05, 0.1) is 12.0 Å². The lowest BCUT2D eigenvalue weighted by Gasteiger charge is -2.13. The third kappa shape index (κ3) is 5.05. The van der Waals surface area contributed by atoms with Crippen LogP contribution in [0.5, 0.6) is 17.2 Å². The molecule has 0 atom stereocenters. The van der Waals surface area contributed by atoms with Crippen molar-refractivity contribution in [2.24, 2.45) is 0 Å². The number of rotatable bonds is 7. The predicted octanol–water partition coefficient (Wildman–Crippen LogP) is 4.26. The number of thiocarbonyl (C=S) groups is 1. The maximum absolute atomic E-state index is 11.8. The van der Waals surface area contributed by atoms with Crippen LogP contribution in [0, 0.1) is 13.8 Å². The highest BCUT2D eigenvalue weighted by molar-refractivity contribution is 8.26. The Balaban J connectivity index is 1.61. The molecule has 1 N–H and O–H groups in total. The van der Waals surface area contributed by atoms with Gasteiger partial charge < -0.3 is 19.5 Å². The zero-order valence-electron chi connectivity index (χ0n) is 15.9. The van der Waals surface area contributed by atoms with Crippen LogP contribution in [0.1, 0.15) is 16.7 Å². The summed E-state index contributed by atoms with van der Waals surface area (Å²) in [5.41, 5.74) is 3.08. The van der Waals surface area contributed by atoms with Crippen molar-refractivity contribution in [1.29, 1.82) is 0 Å². The summed E-state index contributed by atoms with van der Waals surface area (Å²) in [6.07, 6.45) is 1.77. The summed E-state index contributed by atoms with van der Waals surface area (Å²) in [5, 5.41) is 2.60. The number of methoxy groups -OCH3 is 1. The first kappa shape index (κ1) is 20.2. The molecule has 146 valence electrons. The van der Waals surface area contributed by atoms with Gasteiger partial charge in [0.25, 0.3) is 5.91 Å². The number of hydrogen-bond acceptors (Lipinski definition) is 6. The van der Waals surface area contributed by atoms with Crippen molar-refractivity contribution in [3.63, 3.8) is 0 Å². The number of thioether (sulfide) groups is 1. The molecular formula is C21H21NO4S2. The first-order valence-corrected chi connectivity index (χ1v) is 9.94. The molecule has 0 saturated carbocycles. The molecule has 5 nitrogen and oxygen atoms in total. The molecule has 2 aromatic rings. The molecule has 1 aliphatic rings. The Morgan fingerprint density at radius 3 is 2.46 bits per heavy atom. The van der Waals surface area contributed by atoms with Crippen molar-refractivity contribution in [1.82, 2.24) is 5.32 Å². The van der Waals surface area contributed by atoms with E-state index in [1.54, 1.807) is 13.2 Å². The van der Waals surface area contributed by atoms with Gasteiger partial charge >= 0.3 is 0 Å². The second-order valence-corrected chi connectivity index (χ2v) is 7.95. The van der Waals surface area contributed by atoms with Crippen molar-refractivity contribution in [3.8, 4) is 17.2 Å². The molecule has 2 aromatic carbocycles. The van der Waals surface area contributed by atoms with Gasteiger partial charge in [-0.25, -0.2) is 0 Å². The van der Waals surface area contributed by atoms with Gasteiger partial charge in [-0.05, 0) is 54.8 Å². The summed E-state index contributed by atoms with van der Waals surface area (Å²) < 4.78 is 17.5. The van der Waals surface area contributed by atoms with Gasteiger partial charge in [-0.1, -0.05) is 42.2 Å². The van der Waals surface area contributed by atoms with Crippen molar-refractivity contribution in [2.45, 2.75) is 13.8 Å². The minimum absolute atomic E-state index is 0.183. The fourth-order valence-electron chi connectivity index (χ4n) is 2.63. The fourth-order valence-corrected chi connectivity index (χ4v) is 3.68. The molecular weight excluding hydrogens is 394 g/mol. The Morgan fingerprint density at radius 2 is 1.79 bits per heavy atom. The van der Waals surface area contributed by atoms with Crippen molar-refractivity contribution in [3.05, 3.63) is 58.0 Å². The Hall–Kier alpha value is -2.51. The van der Waals surface area contributed by atoms with E-state index in [1.807, 2.05) is 44.2 Å². The summed E-state index contributed by atoms with van der Waals surface area (Å²) in [4.78, 5) is 12.3. The van der Waals surface area contributed by atoms with E-state index in [9.17, 15) is 4.79 Å². The number of amides is 1. The second-order valence-electron chi connectivity index (χ2n) is 6.23. The number of nitrogens with one attached hydrogen (secondary N) is 1. The molecule has 0 unspecified atom stereocenters. The van der Waals surface area contributed by atoms with Crippen LogP contribution < -0.4 is 19.5 Å². The molecule has 1 saturated heterocycles. The third-order valence-corrected chi connectivity index (χ3v) is 5.23. The summed E-state index contributed by atoms with van der Waals surface area (Å²) in [6, 6.07) is 11.6. The lowest BCUT2D eigenvalue weighted by atomic mass is 10.1. The third-order valence-electron chi connectivity index (χ3n) is 4.07. The van der Waals surface area contributed by atoms with Gasteiger partial charge in [0, 0.05) is 0 Å². The normalized spacial score (nSPS) is 14.9. The number of aryl methyl sites for hydroxylation is 2. The Kier molecular flexibility index (Phi) is 6.59. The van der Waals surface area contributed by atoms with Crippen LogP contribution in [0.4, 0.5) is 0 Å². The lowest BCUT2D eigenvalue weighted by molar-refractivity contribution is -0.115. The molecule has 3 rings (SSSR count). The standard InChI is InChI=1S/C21H21NO4S2/c1-13-4-5-14(2)17(10-13)26-9-8-25-16-7-6-15(11-18(16)24-3)12-19-20(23)22-21(27)28-19/h4-7,10-12H,8-9H2,1-3H3,(H,22,23,27). The van der Waals surface area contributed by atoms with E-state index in [2.05, 4.69) is 11.4 Å². The minimum atomic E-state index is -0.183. The van der Waals surface area contributed by atoms with E-state index in [4.69, 9.17) is 26.4 Å². The van der Waals surface area contributed by atoms with Crippen LogP contribution in [-0.4, -0.2) is 30.6 Å². The van der Waals surface area contributed by atoms with Crippen LogP contribution in [0.3, 0.4) is 0 Å². The average molecular weight is 416 g/mol. The maximum Gasteiger partial charge on any atom is 0.263 e. The van der Waals surface area contributed by atoms with Crippen LogP contribution in [-0.2, 0) is 4.79 Å². The molecule has 0 bridgehead atoms. The van der Waals surface area contributed by atoms with Crippen LogP contribution in [0.25, 0.3) is 6.08 Å². The first-order valence-electron chi connectivity index (χ1n) is 8.72. The fraction of sp³-hybridized carbons (Fsp3) is 0.238. The summed E-state index contributed by atoms with van der Waals surface area (Å²) in [7, 11) is 1.58. The van der Waals surface area contributed by atoms with Gasteiger partial charge in [-0.2, -0.15) is 0 Å². The number of hydrogen-bond donors (Lipinski definition) is 1. The molecule has 1 heterocycles. The Labute approximate surface area is 174 Å². The maximum atomic E-state index is 11.8. The van der Waals surface area contributed by atoms with Crippen molar-refractivity contribution in [2.75, 3.05) is 20.3 Å². The summed E-state index contributed by atoms with van der Waals surface area (Å²) >= 11 is 6.25. The molecule has 1 aliphatic heterocycles. The number of ether oxygens (including phenoxy) is 3. The highest BCUT2D eigenvalue weighted by Gasteiger charge is 2.22. The van der Waals surface area contributed by atoms with Gasteiger partial charge in [-0.15, -0.1) is 0 Å². The van der Waals surface area contributed by atoms with E-state index < -0.39 is 0 Å². The monoisotopic (exact) mass is 415 g/mol. The zero-order valence-corrected chi connectivity index (χ0v) is 17.5. The largest absolute Gasteiger partial charge is 0.493 e. The smallest absolute Gasteiger partial charge is 0.263 e. The molecule has 0 spiro atoms. The number of benzene rings is 2. The van der Waals surface area contributed by atoms with Crippen LogP contribution in [0.15, 0.2) is 41.3 Å². The molecule has 0 aromatic heterocycles. The highest BCUT2D eigenvalue weighted by atomic mass is 32.2. The lowest BCUT2D eigenvalue weighted by Crippen LogP contribution is -2.17. The van der Waals surface area contributed by atoms with E-state index in [0.717, 1.165) is 22.4 Å². The number of carbonyl (C=O) groups is 1. The second kappa shape index (κ2) is 9.12. The Morgan fingerprint density at radius 1 is 1.04 bits per heavy atom. The van der Waals surface area contributed by atoms with Crippen molar-refractivity contribution < 1.29 is 19.0 Å². The molecule has 28 heavy (non-hydrogen) atoms. The average Bonchev–Trinajstić information content (AvgIpc) is 2.99. The predicted molar refractivity (Wildman–Crippen MR) is 116 cm³/mol. The summed E-state index contributed by atoms with van der Waals surface area (Å²) in [6.45, 7) is 4.86. The molecule has 1 amide bonds. The SMILES string of the molecule is COc1cc(C=C2SC(=S)NC2=O)ccc1OCCOc1cc(C)ccc1C. The van der Waals surface area contributed by atoms with E-state index in [1.165, 1.54) is 11.8 Å². The molecule has 1 fully saturated rings. The van der Waals surface area contributed by atoms with Gasteiger partial charge in [0.1, 0.15) is 23.3 Å². The van der Waals surface area contributed by atoms with Gasteiger partial charge in [-0.3, -0.25) is 4.79 Å². The molecule has 0 aliphatic carbocycles. The van der Waals surface area contributed by atoms with Crippen LogP contribution in [0.2, 0.25) is 0 Å². The van der Waals surface area contributed by atoms with E-state index >= 15 is 0 Å². The van der Waals surface area contributed by atoms with E-state index in [0.29, 0.717) is 33.9 Å². The highest BCUT2D eigenvalue weighted by Crippen LogP contribution is 2.31. The molecule has 7 heteroatoms. The Bertz CT molecular complexity index is 940. The quantitative estimate of drug-likeness (QED) is 0.414. The van der Waals surface area contributed by atoms with Crippen molar-refractivity contribution >= 4 is 40.3 Å². The van der Waals surface area contributed by atoms with E-state index in [-0.39, 0.29) is 5.91 Å². The topological polar surface area (TPSA) is 56.8 Å². The van der Waals surface area contributed by atoms with Gasteiger partial charge in [0.15, 0.2) is 11.5 Å². The molecule has 0 radical (unpaired) electrons.